The van der Waals surface area contributed by atoms with Gasteiger partial charge in [-0.05, 0) is 43.2 Å². The minimum absolute atomic E-state index is 0.139. The molecule has 0 bridgehead atoms. The zero-order valence-electron chi connectivity index (χ0n) is 16.1. The van der Waals surface area contributed by atoms with Crippen LogP contribution in [-0.4, -0.2) is 15.7 Å². The predicted octanol–water partition coefficient (Wildman–Crippen LogP) is 5.16. The van der Waals surface area contributed by atoms with Crippen molar-refractivity contribution in [3.8, 4) is 5.75 Å². The second-order valence-corrected chi connectivity index (χ2v) is 7.22. The van der Waals surface area contributed by atoms with Crippen LogP contribution in [0.5, 0.6) is 5.75 Å². The van der Waals surface area contributed by atoms with Crippen LogP contribution in [0.2, 0.25) is 5.02 Å². The van der Waals surface area contributed by atoms with Gasteiger partial charge in [-0.15, -0.1) is 0 Å². The van der Waals surface area contributed by atoms with Gasteiger partial charge in [0.05, 0.1) is 5.39 Å². The average molecular weight is 399 g/mol. The number of fused-ring (bicyclic) bond motifs is 1. The van der Waals surface area contributed by atoms with Crippen molar-refractivity contribution in [2.24, 2.45) is 0 Å². The molecule has 0 aliphatic rings. The molecule has 28 heavy (non-hydrogen) atoms. The van der Waals surface area contributed by atoms with Crippen molar-refractivity contribution >= 4 is 28.3 Å². The number of ether oxygens (including phenoxy) is 1. The van der Waals surface area contributed by atoms with Gasteiger partial charge in [0, 0.05) is 17.0 Å². The Balaban J connectivity index is 1.97. The molecule has 2 aromatic carbocycles. The first-order valence-electron chi connectivity index (χ1n) is 9.49. The predicted molar refractivity (Wildman–Crippen MR) is 111 cm³/mol. The molecular weight excluding hydrogens is 376 g/mol. The lowest BCUT2D eigenvalue weighted by Gasteiger charge is -2.12. The smallest absolute Gasteiger partial charge is 0.364 e. The lowest BCUT2D eigenvalue weighted by Crippen LogP contribution is -2.27. The highest BCUT2D eigenvalue weighted by molar-refractivity contribution is 6.30. The fourth-order valence-corrected chi connectivity index (χ4v) is 3.33. The van der Waals surface area contributed by atoms with Gasteiger partial charge in [-0.1, -0.05) is 56.0 Å². The van der Waals surface area contributed by atoms with Gasteiger partial charge >= 0.3 is 5.97 Å². The highest BCUT2D eigenvalue weighted by Gasteiger charge is 2.19. The van der Waals surface area contributed by atoms with Crippen LogP contribution in [0.3, 0.4) is 0 Å². The number of rotatable bonds is 7. The van der Waals surface area contributed by atoms with E-state index in [4.69, 9.17) is 16.3 Å². The summed E-state index contributed by atoms with van der Waals surface area (Å²) in [7, 11) is 0. The molecule has 1 aromatic heterocycles. The van der Waals surface area contributed by atoms with Gasteiger partial charge < -0.3 is 4.74 Å². The second kappa shape index (κ2) is 9.02. The molecule has 0 fully saturated rings. The number of unbranched alkanes of at least 4 members (excludes halogenated alkanes) is 3. The van der Waals surface area contributed by atoms with Crippen molar-refractivity contribution < 1.29 is 9.53 Å². The molecule has 0 radical (unpaired) electrons. The molecule has 146 valence electrons. The standard InChI is InChI=1S/C22H23ClN2O3/c1-3-4-5-8-13-25-21(26)18-10-7-6-9-17(18)20(24-25)22(27)28-19-12-11-16(23)14-15(19)2/h6-7,9-12,14H,3-5,8,13H2,1-2H3. The van der Waals surface area contributed by atoms with Gasteiger partial charge in [-0.25, -0.2) is 9.48 Å². The SMILES string of the molecule is CCCCCCn1nc(C(=O)Oc2ccc(Cl)cc2C)c2ccccc2c1=O. The number of carbonyl (C=O) groups is 1. The van der Waals surface area contributed by atoms with Crippen LogP contribution in [0.25, 0.3) is 10.8 Å². The molecule has 6 heteroatoms. The van der Waals surface area contributed by atoms with Gasteiger partial charge in [0.1, 0.15) is 5.75 Å². The highest BCUT2D eigenvalue weighted by Crippen LogP contribution is 2.23. The van der Waals surface area contributed by atoms with Crippen LogP contribution in [0.4, 0.5) is 0 Å². The van der Waals surface area contributed by atoms with Crippen LogP contribution >= 0.6 is 11.6 Å². The van der Waals surface area contributed by atoms with E-state index < -0.39 is 5.97 Å². The lowest BCUT2D eigenvalue weighted by atomic mass is 10.1. The lowest BCUT2D eigenvalue weighted by molar-refractivity contribution is 0.0726. The van der Waals surface area contributed by atoms with Gasteiger partial charge in [-0.3, -0.25) is 4.79 Å². The Hall–Kier alpha value is -2.66. The molecule has 3 aromatic rings. The van der Waals surface area contributed by atoms with E-state index in [1.807, 2.05) is 6.92 Å². The van der Waals surface area contributed by atoms with Crippen LogP contribution in [-0.2, 0) is 6.54 Å². The number of hydrogen-bond donors (Lipinski definition) is 0. The highest BCUT2D eigenvalue weighted by atomic mass is 35.5. The molecule has 0 atom stereocenters. The van der Waals surface area contributed by atoms with Crippen molar-refractivity contribution in [2.75, 3.05) is 0 Å². The van der Waals surface area contributed by atoms with E-state index in [1.165, 1.54) is 4.68 Å². The van der Waals surface area contributed by atoms with E-state index in [0.29, 0.717) is 28.1 Å². The topological polar surface area (TPSA) is 61.2 Å². The Morgan fingerprint density at radius 2 is 1.86 bits per heavy atom. The number of esters is 1. The first-order valence-corrected chi connectivity index (χ1v) is 9.87. The van der Waals surface area contributed by atoms with E-state index in [0.717, 1.165) is 31.2 Å². The Kier molecular flexibility index (Phi) is 6.47. The van der Waals surface area contributed by atoms with Gasteiger partial charge in [0.2, 0.25) is 0 Å². The van der Waals surface area contributed by atoms with Crippen LogP contribution < -0.4 is 10.3 Å². The van der Waals surface area contributed by atoms with Crippen LogP contribution in [0.1, 0.15) is 48.7 Å². The van der Waals surface area contributed by atoms with Gasteiger partial charge in [0.15, 0.2) is 5.69 Å². The number of carbonyl (C=O) groups excluding carboxylic acids is 1. The maximum absolute atomic E-state index is 12.9. The Morgan fingerprint density at radius 3 is 2.57 bits per heavy atom. The quantitative estimate of drug-likeness (QED) is 0.313. The van der Waals surface area contributed by atoms with Crippen molar-refractivity contribution in [3.05, 3.63) is 69.1 Å². The average Bonchev–Trinajstić information content (AvgIpc) is 2.69. The van der Waals surface area contributed by atoms with Crippen molar-refractivity contribution in [1.82, 2.24) is 9.78 Å². The molecule has 0 aliphatic heterocycles. The Bertz CT molecular complexity index is 1060. The minimum atomic E-state index is -0.594. The molecule has 0 amide bonds. The summed E-state index contributed by atoms with van der Waals surface area (Å²) in [6, 6.07) is 12.0. The molecule has 0 saturated carbocycles. The summed E-state index contributed by atoms with van der Waals surface area (Å²) in [4.78, 5) is 25.6. The summed E-state index contributed by atoms with van der Waals surface area (Å²) in [5, 5.41) is 5.88. The van der Waals surface area contributed by atoms with E-state index in [9.17, 15) is 9.59 Å². The maximum atomic E-state index is 12.9. The zero-order chi connectivity index (χ0) is 20.1. The fraction of sp³-hybridized carbons (Fsp3) is 0.318. The van der Waals surface area contributed by atoms with Crippen molar-refractivity contribution in [2.45, 2.75) is 46.1 Å². The summed E-state index contributed by atoms with van der Waals surface area (Å²) < 4.78 is 6.94. The maximum Gasteiger partial charge on any atom is 0.364 e. The molecule has 0 saturated heterocycles. The zero-order valence-corrected chi connectivity index (χ0v) is 16.8. The Morgan fingerprint density at radius 1 is 1.11 bits per heavy atom. The first kappa shape index (κ1) is 20.1. The number of benzene rings is 2. The summed E-state index contributed by atoms with van der Waals surface area (Å²) in [5.41, 5.74) is 0.699. The molecule has 0 spiro atoms. The van der Waals surface area contributed by atoms with E-state index in [-0.39, 0.29) is 11.3 Å². The van der Waals surface area contributed by atoms with Gasteiger partial charge in [-0.2, -0.15) is 5.10 Å². The number of aromatic nitrogens is 2. The third kappa shape index (κ3) is 4.42. The normalized spacial score (nSPS) is 11.0. The third-order valence-electron chi connectivity index (χ3n) is 4.62. The van der Waals surface area contributed by atoms with Crippen LogP contribution in [0, 0.1) is 6.92 Å². The van der Waals surface area contributed by atoms with Crippen molar-refractivity contribution in [3.63, 3.8) is 0 Å². The number of nitrogens with zero attached hydrogens (tertiary/aromatic N) is 2. The monoisotopic (exact) mass is 398 g/mol. The first-order chi connectivity index (χ1) is 13.5. The van der Waals surface area contributed by atoms with E-state index in [2.05, 4.69) is 12.0 Å². The largest absolute Gasteiger partial charge is 0.421 e. The molecule has 0 aliphatic carbocycles. The summed E-state index contributed by atoms with van der Waals surface area (Å²) in [6.45, 7) is 4.42. The second-order valence-electron chi connectivity index (χ2n) is 6.78. The van der Waals surface area contributed by atoms with E-state index >= 15 is 0 Å². The number of halogens is 1. The molecule has 0 unspecified atom stereocenters. The minimum Gasteiger partial charge on any atom is -0.421 e. The van der Waals surface area contributed by atoms with E-state index in [1.54, 1.807) is 42.5 Å². The molecule has 0 N–H and O–H groups in total. The van der Waals surface area contributed by atoms with Crippen molar-refractivity contribution in [1.29, 1.82) is 0 Å². The number of aryl methyl sites for hydroxylation is 2. The number of hydrogen-bond acceptors (Lipinski definition) is 4. The third-order valence-corrected chi connectivity index (χ3v) is 4.86. The van der Waals surface area contributed by atoms with Crippen LogP contribution in [0.15, 0.2) is 47.3 Å². The Labute approximate surface area is 168 Å². The fourth-order valence-electron chi connectivity index (χ4n) is 3.10. The molecule has 5 nitrogen and oxygen atoms in total. The van der Waals surface area contributed by atoms with Gasteiger partial charge in [0.25, 0.3) is 5.56 Å². The molecule has 3 rings (SSSR count). The summed E-state index contributed by atoms with van der Waals surface area (Å²) in [5.74, 6) is -0.176. The molecule has 1 heterocycles. The molecular formula is C22H23ClN2O3. The summed E-state index contributed by atoms with van der Waals surface area (Å²) >= 11 is 5.97. The summed E-state index contributed by atoms with van der Waals surface area (Å²) in [6.07, 6.45) is 4.07.